The summed E-state index contributed by atoms with van der Waals surface area (Å²) in [7, 11) is 0. The molecule has 0 spiro atoms. The molecule has 1 aliphatic rings. The zero-order valence-electron chi connectivity index (χ0n) is 15.6. The van der Waals surface area contributed by atoms with E-state index in [9.17, 15) is 0 Å². The fourth-order valence-corrected chi connectivity index (χ4v) is 3.47. The van der Waals surface area contributed by atoms with Crippen LogP contribution >= 0.6 is 0 Å². The van der Waals surface area contributed by atoms with Crippen molar-refractivity contribution in [2.75, 3.05) is 36.0 Å². The average Bonchev–Trinajstić information content (AvgIpc) is 3.27. The van der Waals surface area contributed by atoms with Crippen molar-refractivity contribution in [2.24, 2.45) is 0 Å². The molecule has 0 saturated carbocycles. The number of hydrogen-bond donors (Lipinski definition) is 0. The third kappa shape index (κ3) is 3.17. The van der Waals surface area contributed by atoms with E-state index in [4.69, 9.17) is 8.94 Å². The molecule has 1 aromatic carbocycles. The molecule has 0 N–H and O–H groups in total. The highest BCUT2D eigenvalue weighted by atomic mass is 16.5. The van der Waals surface area contributed by atoms with E-state index in [-0.39, 0.29) is 0 Å². The van der Waals surface area contributed by atoms with Crippen LogP contribution in [-0.2, 0) is 0 Å². The topological polar surface area (TPSA) is 84.3 Å². The molecule has 0 aliphatic carbocycles. The number of aromatic nitrogens is 4. The van der Waals surface area contributed by atoms with Gasteiger partial charge < -0.3 is 18.7 Å². The lowest BCUT2D eigenvalue weighted by Gasteiger charge is -2.22. The van der Waals surface area contributed by atoms with E-state index in [0.29, 0.717) is 17.7 Å². The lowest BCUT2D eigenvalue weighted by Crippen LogP contribution is -2.31. The number of oxazole rings is 1. The van der Waals surface area contributed by atoms with Gasteiger partial charge in [-0.05, 0) is 37.6 Å². The fourth-order valence-electron chi connectivity index (χ4n) is 3.47. The van der Waals surface area contributed by atoms with Crippen LogP contribution in [0.4, 0.5) is 11.8 Å². The highest BCUT2D eigenvalue weighted by molar-refractivity contribution is 5.74. The first-order valence-corrected chi connectivity index (χ1v) is 9.38. The minimum Gasteiger partial charge on any atom is -0.423 e. The van der Waals surface area contributed by atoms with Gasteiger partial charge in [0.25, 0.3) is 11.9 Å². The molecule has 8 heteroatoms. The Bertz CT molecular complexity index is 1070. The predicted octanol–water partition coefficient (Wildman–Crippen LogP) is 3.30. The van der Waals surface area contributed by atoms with Crippen molar-refractivity contribution < 1.29 is 8.94 Å². The molecule has 0 radical (unpaired) electrons. The Labute approximate surface area is 161 Å². The number of fused-ring (bicyclic) bond motifs is 1. The Balaban J connectivity index is 1.34. The molecule has 8 nitrogen and oxygen atoms in total. The zero-order valence-corrected chi connectivity index (χ0v) is 15.6. The van der Waals surface area contributed by atoms with E-state index in [2.05, 4.69) is 29.9 Å². The summed E-state index contributed by atoms with van der Waals surface area (Å²) < 4.78 is 11.2. The molecule has 0 unspecified atom stereocenters. The van der Waals surface area contributed by atoms with E-state index in [1.165, 1.54) is 0 Å². The van der Waals surface area contributed by atoms with Crippen molar-refractivity contribution in [1.82, 2.24) is 20.1 Å². The highest BCUT2D eigenvalue weighted by Crippen LogP contribution is 2.25. The first kappa shape index (κ1) is 16.7. The van der Waals surface area contributed by atoms with Crippen LogP contribution < -0.4 is 9.80 Å². The number of hydrogen-bond acceptors (Lipinski definition) is 8. The van der Waals surface area contributed by atoms with E-state index >= 15 is 0 Å². The molecule has 1 fully saturated rings. The summed E-state index contributed by atoms with van der Waals surface area (Å²) in [4.78, 5) is 18.0. The minimum atomic E-state index is 0.518. The van der Waals surface area contributed by atoms with Gasteiger partial charge >= 0.3 is 0 Å². The number of pyridine rings is 1. The van der Waals surface area contributed by atoms with Crippen LogP contribution in [0.25, 0.3) is 22.6 Å². The summed E-state index contributed by atoms with van der Waals surface area (Å²) in [5.74, 6) is 2.05. The van der Waals surface area contributed by atoms with E-state index in [1.54, 1.807) is 6.20 Å². The van der Waals surface area contributed by atoms with Gasteiger partial charge in [-0.2, -0.15) is 9.97 Å². The molecule has 0 amide bonds. The van der Waals surface area contributed by atoms with Crippen LogP contribution in [0.3, 0.4) is 0 Å². The Hall–Kier alpha value is -3.42. The summed E-state index contributed by atoms with van der Waals surface area (Å²) >= 11 is 0. The summed E-state index contributed by atoms with van der Waals surface area (Å²) in [6.07, 6.45) is 2.78. The Morgan fingerprint density at radius 2 is 1.82 bits per heavy atom. The Morgan fingerprint density at radius 3 is 2.68 bits per heavy atom. The van der Waals surface area contributed by atoms with E-state index in [1.807, 2.05) is 43.3 Å². The van der Waals surface area contributed by atoms with Crippen LogP contribution in [0.15, 0.2) is 51.5 Å². The summed E-state index contributed by atoms with van der Waals surface area (Å²) in [5, 5.41) is 3.87. The molecule has 4 aromatic rings. The van der Waals surface area contributed by atoms with Crippen LogP contribution in [0.1, 0.15) is 12.2 Å². The number of benzene rings is 1. The second-order valence-electron chi connectivity index (χ2n) is 6.84. The maximum atomic E-state index is 5.94. The second kappa shape index (κ2) is 6.95. The lowest BCUT2D eigenvalue weighted by molar-refractivity contribution is 0.425. The van der Waals surface area contributed by atoms with Crippen molar-refractivity contribution in [3.63, 3.8) is 0 Å². The molecule has 28 heavy (non-hydrogen) atoms. The standard InChI is InChI=1S/C20H20N6O2/c1-14-22-19(28-24-14)15-7-8-21-18(13-15)25-9-4-10-26(12-11-25)20-23-16-5-2-3-6-17(16)27-20/h2-3,5-8,13H,4,9-12H2,1H3. The molecule has 5 rings (SSSR count). The first-order valence-electron chi connectivity index (χ1n) is 9.38. The smallest absolute Gasteiger partial charge is 0.298 e. The van der Waals surface area contributed by atoms with E-state index < -0.39 is 0 Å². The number of para-hydroxylation sites is 2. The summed E-state index contributed by atoms with van der Waals surface area (Å²) in [5.41, 5.74) is 2.59. The molecule has 0 bridgehead atoms. The molecular weight excluding hydrogens is 356 g/mol. The normalized spacial score (nSPS) is 15.2. The molecule has 142 valence electrons. The number of nitrogens with zero attached hydrogens (tertiary/aromatic N) is 6. The van der Waals surface area contributed by atoms with Crippen LogP contribution in [0, 0.1) is 6.92 Å². The molecule has 3 aromatic heterocycles. The molecule has 1 aliphatic heterocycles. The third-order valence-electron chi connectivity index (χ3n) is 4.89. The van der Waals surface area contributed by atoms with Crippen LogP contribution in [-0.4, -0.2) is 46.3 Å². The Morgan fingerprint density at radius 1 is 0.964 bits per heavy atom. The van der Waals surface area contributed by atoms with Gasteiger partial charge in [-0.3, -0.25) is 0 Å². The first-order chi connectivity index (χ1) is 13.8. The Kier molecular flexibility index (Phi) is 4.16. The monoisotopic (exact) mass is 376 g/mol. The number of aryl methyl sites for hydroxylation is 1. The predicted molar refractivity (Wildman–Crippen MR) is 105 cm³/mol. The SMILES string of the molecule is Cc1noc(-c2ccnc(N3CCCN(c4nc5ccccc5o4)CC3)c2)n1. The second-order valence-corrected chi connectivity index (χ2v) is 6.84. The number of rotatable bonds is 3. The van der Waals surface area contributed by atoms with Crippen molar-refractivity contribution in [3.8, 4) is 11.5 Å². The highest BCUT2D eigenvalue weighted by Gasteiger charge is 2.20. The maximum Gasteiger partial charge on any atom is 0.298 e. The third-order valence-corrected chi connectivity index (χ3v) is 4.89. The minimum absolute atomic E-state index is 0.518. The van der Waals surface area contributed by atoms with Gasteiger partial charge in [-0.15, -0.1) is 0 Å². The maximum absolute atomic E-state index is 5.94. The van der Waals surface area contributed by atoms with Crippen molar-refractivity contribution in [3.05, 3.63) is 48.4 Å². The van der Waals surface area contributed by atoms with Gasteiger partial charge in [-0.25, -0.2) is 4.98 Å². The largest absolute Gasteiger partial charge is 0.423 e. The van der Waals surface area contributed by atoms with Gasteiger partial charge in [0.05, 0.1) is 0 Å². The van der Waals surface area contributed by atoms with Gasteiger partial charge in [-0.1, -0.05) is 17.3 Å². The lowest BCUT2D eigenvalue weighted by atomic mass is 10.2. The quantitative estimate of drug-likeness (QED) is 0.538. The summed E-state index contributed by atoms with van der Waals surface area (Å²) in [6.45, 7) is 5.27. The van der Waals surface area contributed by atoms with Crippen molar-refractivity contribution in [1.29, 1.82) is 0 Å². The average molecular weight is 376 g/mol. The van der Waals surface area contributed by atoms with Gasteiger partial charge in [0.1, 0.15) is 11.3 Å². The van der Waals surface area contributed by atoms with Gasteiger partial charge in [0, 0.05) is 37.9 Å². The molecule has 4 heterocycles. The van der Waals surface area contributed by atoms with Gasteiger partial charge in [0.15, 0.2) is 11.4 Å². The molecule has 0 atom stereocenters. The van der Waals surface area contributed by atoms with Crippen molar-refractivity contribution >= 4 is 22.9 Å². The summed E-state index contributed by atoms with van der Waals surface area (Å²) in [6, 6.07) is 12.4. The van der Waals surface area contributed by atoms with Crippen LogP contribution in [0.5, 0.6) is 0 Å². The van der Waals surface area contributed by atoms with Gasteiger partial charge in [0.2, 0.25) is 0 Å². The molecule has 1 saturated heterocycles. The number of anilines is 2. The zero-order chi connectivity index (χ0) is 18.9. The molecular formula is C20H20N6O2. The van der Waals surface area contributed by atoms with Crippen molar-refractivity contribution in [2.45, 2.75) is 13.3 Å². The van der Waals surface area contributed by atoms with Crippen LogP contribution in [0.2, 0.25) is 0 Å². The fraction of sp³-hybridized carbons (Fsp3) is 0.300. The van der Waals surface area contributed by atoms with E-state index in [0.717, 1.165) is 55.1 Å².